The Balaban J connectivity index is 0.00000547. The zero-order valence-corrected chi connectivity index (χ0v) is 43.4. The molecule has 12 rings (SSSR count). The van der Waals surface area contributed by atoms with Gasteiger partial charge in [-0.3, -0.25) is 0 Å². The van der Waals surface area contributed by atoms with E-state index in [1.807, 2.05) is 32.3 Å². The molecule has 0 atom stereocenters. The predicted octanol–water partition coefficient (Wildman–Crippen LogP) is 16.0. The maximum absolute atomic E-state index is 6.89. The van der Waals surface area contributed by atoms with Crippen LogP contribution in [0.15, 0.2) is 170 Å². The average Bonchev–Trinajstić information content (AvgIpc) is 4.00. The fraction of sp³-hybridized carbons (Fsp3) is 0.159. The average molecular weight is 1110 g/mol. The van der Waals surface area contributed by atoms with Crippen LogP contribution in [0.2, 0.25) is 0 Å². The van der Waals surface area contributed by atoms with E-state index in [0.717, 1.165) is 95.0 Å². The number of anilines is 3. The monoisotopic (exact) mass is 1100 g/mol. The summed E-state index contributed by atoms with van der Waals surface area (Å²) in [5.41, 5.74) is 14.8. The molecule has 0 aliphatic carbocycles. The standard InChI is InChI=1S/C63H53N6O.Pt/c1-40-25-29-56-61(65-40)67(39-66(56)8)46-33-44(63(5,6)7)34-48(36-46)70-47-27-28-51-54-35-43(62(2,3)4)26-30-55(54)69(57(51)38-47)58-37-45(31-32-64-58)68-59-49(41-17-11-9-12-18-41)21-15-23-52(59)53-24-16-22-50(60(53)68)42-19-13-10-14-20-42;/h9-35,37,39H,1-8H3;/q-3;. The first-order valence-corrected chi connectivity index (χ1v) is 24.0. The maximum Gasteiger partial charge on any atom is 0.137 e. The Morgan fingerprint density at radius 3 is 1.87 bits per heavy atom. The first-order valence-electron chi connectivity index (χ1n) is 24.0. The third-order valence-electron chi connectivity index (χ3n) is 13.8. The number of rotatable bonds is 7. The number of nitrogens with zero attached hydrogens (tertiary/aromatic N) is 6. The second-order valence-electron chi connectivity index (χ2n) is 20.6. The van der Waals surface area contributed by atoms with E-state index in [0.29, 0.717) is 11.5 Å². The fourth-order valence-corrected chi connectivity index (χ4v) is 10.2. The molecule has 5 heterocycles. The van der Waals surface area contributed by atoms with Crippen molar-refractivity contribution in [3.63, 3.8) is 0 Å². The molecule has 0 amide bonds. The van der Waals surface area contributed by atoms with Crippen molar-refractivity contribution in [1.82, 2.24) is 19.1 Å². The van der Waals surface area contributed by atoms with Crippen LogP contribution >= 0.6 is 0 Å². The molecule has 0 unspecified atom stereocenters. The minimum absolute atomic E-state index is 0. The molecular weight excluding hydrogens is 1050 g/mol. The molecule has 354 valence electrons. The van der Waals surface area contributed by atoms with E-state index in [1.54, 1.807) is 0 Å². The van der Waals surface area contributed by atoms with Crippen LogP contribution < -0.4 is 14.5 Å². The van der Waals surface area contributed by atoms with E-state index in [4.69, 9.17) is 14.7 Å². The number of fused-ring (bicyclic) bond motifs is 7. The van der Waals surface area contributed by atoms with Crippen molar-refractivity contribution in [3.8, 4) is 45.3 Å². The van der Waals surface area contributed by atoms with Crippen LogP contribution in [0.3, 0.4) is 0 Å². The van der Waals surface area contributed by atoms with Crippen LogP contribution in [0.4, 0.5) is 17.2 Å². The van der Waals surface area contributed by atoms with Gasteiger partial charge in [-0.2, -0.15) is 12.7 Å². The van der Waals surface area contributed by atoms with Crippen LogP contribution in [0.25, 0.3) is 77.4 Å². The molecule has 0 fully saturated rings. The molecule has 1 aliphatic rings. The van der Waals surface area contributed by atoms with Gasteiger partial charge < -0.3 is 23.7 Å². The number of aryl methyl sites for hydroxylation is 1. The molecule has 0 radical (unpaired) electrons. The largest absolute Gasteiger partial charge is 0.509 e. The molecule has 11 aromatic rings. The van der Waals surface area contributed by atoms with Crippen LogP contribution in [0, 0.1) is 25.7 Å². The molecule has 1 aliphatic heterocycles. The first kappa shape index (κ1) is 45.9. The summed E-state index contributed by atoms with van der Waals surface area (Å²) in [5.74, 6) is 2.82. The number of para-hydroxylation sites is 2. The Morgan fingerprint density at radius 2 is 1.23 bits per heavy atom. The SMILES string of the molecule is Cc1ccc2c(n1)N(c1[c-]c(Oc3[c-]c4c(cc3)c3cc(C(C)(C)C)ccc3n4-c3cc(-n4c5c(-c6ccccc6)cccc5c5cccc(-c6ccccc6)c54)ccn3)cc(C(C)(C)C)c1)[CH-]N2C.[Pt]. The number of hydrogen-bond donors (Lipinski definition) is 0. The zero-order valence-electron chi connectivity index (χ0n) is 41.2. The van der Waals surface area contributed by atoms with E-state index < -0.39 is 0 Å². The van der Waals surface area contributed by atoms with Gasteiger partial charge >= 0.3 is 0 Å². The number of benzene rings is 7. The van der Waals surface area contributed by atoms with Gasteiger partial charge in [-0.15, -0.1) is 41.3 Å². The third-order valence-corrected chi connectivity index (χ3v) is 13.8. The predicted molar refractivity (Wildman–Crippen MR) is 289 cm³/mol. The molecule has 7 nitrogen and oxygen atoms in total. The van der Waals surface area contributed by atoms with Gasteiger partial charge in [0.15, 0.2) is 0 Å². The second-order valence-corrected chi connectivity index (χ2v) is 20.6. The van der Waals surface area contributed by atoms with Crippen LogP contribution in [0.5, 0.6) is 11.5 Å². The van der Waals surface area contributed by atoms with Gasteiger partial charge in [-0.05, 0) is 71.1 Å². The number of hydrogen-bond acceptors (Lipinski definition) is 5. The van der Waals surface area contributed by atoms with Crippen molar-refractivity contribution in [2.75, 3.05) is 16.8 Å². The molecule has 0 spiro atoms. The summed E-state index contributed by atoms with van der Waals surface area (Å²) in [7, 11) is 2.05. The first-order chi connectivity index (χ1) is 33.8. The summed E-state index contributed by atoms with van der Waals surface area (Å²) in [6.07, 6.45) is 1.94. The molecule has 8 heteroatoms. The van der Waals surface area contributed by atoms with Crippen molar-refractivity contribution in [1.29, 1.82) is 0 Å². The van der Waals surface area contributed by atoms with E-state index >= 15 is 0 Å². The smallest absolute Gasteiger partial charge is 0.137 e. The molecule has 0 saturated heterocycles. The van der Waals surface area contributed by atoms with Gasteiger partial charge in [0.05, 0.1) is 16.7 Å². The van der Waals surface area contributed by atoms with Crippen LogP contribution in [-0.4, -0.2) is 26.1 Å². The van der Waals surface area contributed by atoms with Crippen molar-refractivity contribution < 1.29 is 25.8 Å². The summed E-state index contributed by atoms with van der Waals surface area (Å²) >= 11 is 0. The van der Waals surface area contributed by atoms with Crippen molar-refractivity contribution in [2.45, 2.75) is 59.3 Å². The van der Waals surface area contributed by atoms with Gasteiger partial charge in [0.1, 0.15) is 11.6 Å². The number of pyridine rings is 2. The zero-order chi connectivity index (χ0) is 48.1. The number of aromatic nitrogens is 4. The molecular formula is C63H53N6OPt-3. The van der Waals surface area contributed by atoms with Crippen molar-refractivity contribution in [2.24, 2.45) is 0 Å². The summed E-state index contributed by atoms with van der Waals surface area (Å²) in [4.78, 5) is 14.3. The van der Waals surface area contributed by atoms with Gasteiger partial charge in [0.2, 0.25) is 0 Å². The second kappa shape index (κ2) is 17.4. The van der Waals surface area contributed by atoms with Gasteiger partial charge in [0, 0.05) is 83.6 Å². The normalized spacial score (nSPS) is 12.8. The molecule has 0 saturated carbocycles. The quantitative estimate of drug-likeness (QED) is 0.149. The Morgan fingerprint density at radius 1 is 0.563 bits per heavy atom. The Kier molecular flexibility index (Phi) is 11.3. The molecule has 0 bridgehead atoms. The van der Waals surface area contributed by atoms with Crippen molar-refractivity contribution >= 4 is 60.8 Å². The van der Waals surface area contributed by atoms with Crippen LogP contribution in [-0.2, 0) is 31.9 Å². The maximum atomic E-state index is 6.89. The van der Waals surface area contributed by atoms with Crippen LogP contribution in [0.1, 0.15) is 58.4 Å². The summed E-state index contributed by atoms with van der Waals surface area (Å²) in [5, 5.41) is 4.58. The number of ether oxygens (including phenoxy) is 1. The van der Waals surface area contributed by atoms with Crippen molar-refractivity contribution in [3.05, 3.63) is 206 Å². The van der Waals surface area contributed by atoms with Gasteiger partial charge in [-0.1, -0.05) is 162 Å². The Labute approximate surface area is 430 Å². The Bertz CT molecular complexity index is 3740. The topological polar surface area (TPSA) is 51.4 Å². The Hall–Kier alpha value is -7.47. The fourth-order valence-electron chi connectivity index (χ4n) is 10.2. The molecule has 71 heavy (non-hydrogen) atoms. The summed E-state index contributed by atoms with van der Waals surface area (Å²) in [6.45, 7) is 17.5. The van der Waals surface area contributed by atoms with E-state index in [2.05, 4.69) is 231 Å². The minimum Gasteiger partial charge on any atom is -0.509 e. The van der Waals surface area contributed by atoms with Gasteiger partial charge in [-0.25, -0.2) is 9.97 Å². The van der Waals surface area contributed by atoms with E-state index in [9.17, 15) is 0 Å². The van der Waals surface area contributed by atoms with Gasteiger partial charge in [0.25, 0.3) is 0 Å². The molecule has 4 aromatic heterocycles. The summed E-state index contributed by atoms with van der Waals surface area (Å²) < 4.78 is 11.6. The van der Waals surface area contributed by atoms with E-state index in [-0.39, 0.29) is 31.9 Å². The molecule has 7 aromatic carbocycles. The van der Waals surface area contributed by atoms with E-state index in [1.165, 1.54) is 16.3 Å². The minimum atomic E-state index is -0.169. The molecule has 0 N–H and O–H groups in total. The summed E-state index contributed by atoms with van der Waals surface area (Å²) in [6, 6.07) is 66.0. The third kappa shape index (κ3) is 7.97.